The standard InChI is InChI=1S/C22H24F3N5O3/c1-4-9-33-18-7-5-14(22(23,24)25)10-17(18)29-19(31)8-6-15-12(2)28-21-16(20(26)32)11-27-30(21)13(15)3/h5,7,10-11H,4,6,8-9H2,1-3H3,(H2,26,32)(H,29,31). The number of nitrogens with zero attached hydrogens (tertiary/aromatic N) is 3. The van der Waals surface area contributed by atoms with Gasteiger partial charge >= 0.3 is 6.18 Å². The Morgan fingerprint density at radius 1 is 1.24 bits per heavy atom. The highest BCUT2D eigenvalue weighted by Gasteiger charge is 2.31. The zero-order valence-corrected chi connectivity index (χ0v) is 18.4. The van der Waals surface area contributed by atoms with Crippen molar-refractivity contribution in [1.82, 2.24) is 14.6 Å². The summed E-state index contributed by atoms with van der Waals surface area (Å²) in [5.74, 6) is -0.956. The lowest BCUT2D eigenvalue weighted by molar-refractivity contribution is -0.137. The maximum atomic E-state index is 13.1. The summed E-state index contributed by atoms with van der Waals surface area (Å²) in [5.41, 5.74) is 6.97. The van der Waals surface area contributed by atoms with Crippen LogP contribution in [-0.2, 0) is 17.4 Å². The Labute approximate surface area is 187 Å². The molecular weight excluding hydrogens is 439 g/mol. The maximum absolute atomic E-state index is 13.1. The Morgan fingerprint density at radius 2 is 1.97 bits per heavy atom. The number of carbonyl (C=O) groups excluding carboxylic acids is 2. The number of anilines is 1. The van der Waals surface area contributed by atoms with Crippen molar-refractivity contribution in [2.45, 2.75) is 46.2 Å². The number of ether oxygens (including phenoxy) is 1. The fraction of sp³-hybridized carbons (Fsp3) is 0.364. The third-order valence-electron chi connectivity index (χ3n) is 5.12. The van der Waals surface area contributed by atoms with E-state index < -0.39 is 23.6 Å². The first-order valence-electron chi connectivity index (χ1n) is 10.3. The minimum absolute atomic E-state index is 0.0116. The number of aromatic nitrogens is 3. The van der Waals surface area contributed by atoms with Gasteiger partial charge in [-0.15, -0.1) is 0 Å². The SMILES string of the molecule is CCCOc1ccc(C(F)(F)F)cc1NC(=O)CCc1c(C)nc2c(C(N)=O)cnn2c1C. The maximum Gasteiger partial charge on any atom is 0.416 e. The van der Waals surface area contributed by atoms with Crippen LogP contribution >= 0.6 is 0 Å². The third-order valence-corrected chi connectivity index (χ3v) is 5.12. The highest BCUT2D eigenvalue weighted by atomic mass is 19.4. The highest BCUT2D eigenvalue weighted by molar-refractivity contribution is 5.98. The second-order valence-electron chi connectivity index (χ2n) is 7.52. The number of fused-ring (bicyclic) bond motifs is 1. The Bertz CT molecular complexity index is 1200. The minimum Gasteiger partial charge on any atom is -0.491 e. The van der Waals surface area contributed by atoms with E-state index in [0.717, 1.165) is 17.7 Å². The fourth-order valence-corrected chi connectivity index (χ4v) is 3.44. The summed E-state index contributed by atoms with van der Waals surface area (Å²) in [6, 6.07) is 2.98. The first kappa shape index (κ1) is 24.0. The summed E-state index contributed by atoms with van der Waals surface area (Å²) >= 11 is 0. The predicted octanol–water partition coefficient (Wildman–Crippen LogP) is 3.82. The van der Waals surface area contributed by atoms with Crippen molar-refractivity contribution in [1.29, 1.82) is 0 Å². The first-order chi connectivity index (χ1) is 15.5. The van der Waals surface area contributed by atoms with Gasteiger partial charge in [0.1, 0.15) is 11.3 Å². The molecule has 176 valence electrons. The number of hydrogen-bond acceptors (Lipinski definition) is 5. The molecule has 0 saturated heterocycles. The average Bonchev–Trinajstić information content (AvgIpc) is 3.16. The quantitative estimate of drug-likeness (QED) is 0.528. The lowest BCUT2D eigenvalue weighted by Crippen LogP contribution is -2.16. The van der Waals surface area contributed by atoms with Gasteiger partial charge in [0.2, 0.25) is 5.91 Å². The molecule has 3 N–H and O–H groups in total. The van der Waals surface area contributed by atoms with E-state index in [0.29, 0.717) is 30.1 Å². The van der Waals surface area contributed by atoms with Crippen LogP contribution in [0.25, 0.3) is 5.65 Å². The number of rotatable bonds is 8. The second-order valence-corrected chi connectivity index (χ2v) is 7.52. The molecule has 2 aromatic heterocycles. The number of primary amides is 1. The molecule has 0 atom stereocenters. The van der Waals surface area contributed by atoms with Gasteiger partial charge < -0.3 is 15.8 Å². The Hall–Kier alpha value is -3.63. The lowest BCUT2D eigenvalue weighted by atomic mass is 10.1. The molecule has 0 unspecified atom stereocenters. The van der Waals surface area contributed by atoms with Gasteiger partial charge in [-0.3, -0.25) is 9.59 Å². The largest absolute Gasteiger partial charge is 0.491 e. The van der Waals surface area contributed by atoms with Crippen molar-refractivity contribution in [3.8, 4) is 5.75 Å². The molecule has 0 aliphatic heterocycles. The molecule has 2 heterocycles. The molecule has 0 saturated carbocycles. The molecule has 1 aromatic carbocycles. The predicted molar refractivity (Wildman–Crippen MR) is 115 cm³/mol. The number of alkyl halides is 3. The van der Waals surface area contributed by atoms with E-state index in [1.54, 1.807) is 13.8 Å². The van der Waals surface area contributed by atoms with Gasteiger partial charge in [0.05, 0.1) is 24.1 Å². The fourth-order valence-electron chi connectivity index (χ4n) is 3.44. The molecule has 11 heteroatoms. The molecule has 2 amide bonds. The molecule has 0 bridgehead atoms. The van der Waals surface area contributed by atoms with Crippen LogP contribution in [0.5, 0.6) is 5.75 Å². The number of nitrogens with two attached hydrogens (primary N) is 1. The smallest absolute Gasteiger partial charge is 0.416 e. The molecule has 0 aliphatic carbocycles. The van der Waals surface area contributed by atoms with Crippen molar-refractivity contribution < 1.29 is 27.5 Å². The second kappa shape index (κ2) is 9.47. The summed E-state index contributed by atoms with van der Waals surface area (Å²) < 4.78 is 46.3. The van der Waals surface area contributed by atoms with E-state index in [9.17, 15) is 22.8 Å². The average molecular weight is 463 g/mol. The van der Waals surface area contributed by atoms with Crippen molar-refractivity contribution in [3.63, 3.8) is 0 Å². The van der Waals surface area contributed by atoms with Gasteiger partial charge in [-0.1, -0.05) is 6.92 Å². The van der Waals surface area contributed by atoms with Gasteiger partial charge in [0, 0.05) is 17.8 Å². The third kappa shape index (κ3) is 5.24. The first-order valence-corrected chi connectivity index (χ1v) is 10.3. The number of amides is 2. The van der Waals surface area contributed by atoms with Crippen LogP contribution in [-0.4, -0.2) is 33.0 Å². The van der Waals surface area contributed by atoms with Gasteiger partial charge in [-0.25, -0.2) is 9.50 Å². The number of benzene rings is 1. The summed E-state index contributed by atoms with van der Waals surface area (Å²) in [5, 5.41) is 6.67. The van der Waals surface area contributed by atoms with E-state index in [1.165, 1.54) is 16.8 Å². The number of aryl methyl sites for hydroxylation is 2. The zero-order chi connectivity index (χ0) is 24.3. The van der Waals surface area contributed by atoms with E-state index in [4.69, 9.17) is 10.5 Å². The van der Waals surface area contributed by atoms with Crippen molar-refractivity contribution in [3.05, 3.63) is 52.5 Å². The minimum atomic E-state index is -4.55. The van der Waals surface area contributed by atoms with Crippen molar-refractivity contribution >= 4 is 23.1 Å². The molecule has 3 rings (SSSR count). The van der Waals surface area contributed by atoms with Crippen LogP contribution in [0.4, 0.5) is 18.9 Å². The monoisotopic (exact) mass is 463 g/mol. The lowest BCUT2D eigenvalue weighted by Gasteiger charge is -2.16. The zero-order valence-electron chi connectivity index (χ0n) is 18.4. The molecular formula is C22H24F3N5O3. The van der Waals surface area contributed by atoms with Crippen molar-refractivity contribution in [2.75, 3.05) is 11.9 Å². The van der Waals surface area contributed by atoms with Crippen LogP contribution in [0, 0.1) is 13.8 Å². The van der Waals surface area contributed by atoms with Crippen LogP contribution in [0.2, 0.25) is 0 Å². The molecule has 0 spiro atoms. The molecule has 0 radical (unpaired) electrons. The Balaban J connectivity index is 1.80. The van der Waals surface area contributed by atoms with Crippen LogP contribution in [0.15, 0.2) is 24.4 Å². The number of nitrogens with one attached hydrogen (secondary N) is 1. The summed E-state index contributed by atoms with van der Waals surface area (Å²) in [4.78, 5) is 28.5. The van der Waals surface area contributed by atoms with Gasteiger partial charge in [-0.05, 0) is 50.5 Å². The van der Waals surface area contributed by atoms with Crippen molar-refractivity contribution in [2.24, 2.45) is 5.73 Å². The summed E-state index contributed by atoms with van der Waals surface area (Å²) in [6.07, 6.45) is -2.30. The molecule has 0 fully saturated rings. The van der Waals surface area contributed by atoms with E-state index in [-0.39, 0.29) is 29.8 Å². The molecule has 33 heavy (non-hydrogen) atoms. The van der Waals surface area contributed by atoms with Crippen LogP contribution in [0.1, 0.15) is 52.6 Å². The number of hydrogen-bond donors (Lipinski definition) is 2. The molecule has 0 aliphatic rings. The van der Waals surface area contributed by atoms with E-state index >= 15 is 0 Å². The van der Waals surface area contributed by atoms with Crippen LogP contribution < -0.4 is 15.8 Å². The van der Waals surface area contributed by atoms with Gasteiger partial charge in [0.25, 0.3) is 5.91 Å². The molecule has 3 aromatic rings. The molecule has 8 nitrogen and oxygen atoms in total. The summed E-state index contributed by atoms with van der Waals surface area (Å²) in [7, 11) is 0. The summed E-state index contributed by atoms with van der Waals surface area (Å²) in [6.45, 7) is 5.68. The van der Waals surface area contributed by atoms with E-state index in [1.807, 2.05) is 6.92 Å². The topological polar surface area (TPSA) is 112 Å². The van der Waals surface area contributed by atoms with Gasteiger partial charge in [0.15, 0.2) is 5.65 Å². The Morgan fingerprint density at radius 3 is 2.61 bits per heavy atom. The van der Waals surface area contributed by atoms with E-state index in [2.05, 4.69) is 15.4 Å². The van der Waals surface area contributed by atoms with Crippen LogP contribution in [0.3, 0.4) is 0 Å². The highest BCUT2D eigenvalue weighted by Crippen LogP contribution is 2.35. The number of carbonyl (C=O) groups is 2. The Kier molecular flexibility index (Phi) is 6.89. The number of halogens is 3. The van der Waals surface area contributed by atoms with Gasteiger partial charge in [-0.2, -0.15) is 18.3 Å². The normalized spacial score (nSPS) is 11.6.